The van der Waals surface area contributed by atoms with Crippen LogP contribution < -0.4 is 0 Å². The molecule has 5 atom stereocenters. The van der Waals surface area contributed by atoms with Crippen molar-refractivity contribution in [2.45, 2.75) is 394 Å². The summed E-state index contributed by atoms with van der Waals surface area (Å²) in [5.41, 5.74) is 0. The van der Waals surface area contributed by atoms with Crippen molar-refractivity contribution in [1.29, 1.82) is 0 Å². The minimum atomic E-state index is -4.95. The molecule has 0 radical (unpaired) electrons. The van der Waals surface area contributed by atoms with Gasteiger partial charge in [0, 0.05) is 25.7 Å². The number of carbonyl (C=O) groups is 4. The Kier molecular flexibility index (Phi) is 63.7. The van der Waals surface area contributed by atoms with Crippen LogP contribution in [0.4, 0.5) is 0 Å². The van der Waals surface area contributed by atoms with E-state index in [0.29, 0.717) is 25.7 Å². The molecule has 0 heterocycles. The molecule has 546 valence electrons. The largest absolute Gasteiger partial charge is 0.472 e. The Labute approximate surface area is 562 Å². The molecule has 2 unspecified atom stereocenters. The lowest BCUT2D eigenvalue weighted by molar-refractivity contribution is -0.161. The van der Waals surface area contributed by atoms with E-state index in [-0.39, 0.29) is 25.7 Å². The number of aliphatic hydroxyl groups excluding tert-OH is 1. The van der Waals surface area contributed by atoms with E-state index in [1.807, 2.05) is 0 Å². The van der Waals surface area contributed by atoms with Gasteiger partial charge in [0.05, 0.1) is 26.4 Å². The second-order valence-electron chi connectivity index (χ2n) is 27.3. The number of hydrogen-bond acceptors (Lipinski definition) is 15. The van der Waals surface area contributed by atoms with Gasteiger partial charge < -0.3 is 33.8 Å². The molecule has 0 amide bonds. The van der Waals surface area contributed by atoms with Crippen molar-refractivity contribution in [3.05, 3.63) is 0 Å². The molecular weight excluding hydrogens is 1210 g/mol. The van der Waals surface area contributed by atoms with Crippen LogP contribution >= 0.6 is 15.6 Å². The first kappa shape index (κ1) is 90.1. The summed E-state index contributed by atoms with van der Waals surface area (Å²) < 4.78 is 68.2. The Morgan fingerprint density at radius 3 is 0.739 bits per heavy atom. The molecule has 0 aliphatic carbocycles. The number of rotatable bonds is 72. The van der Waals surface area contributed by atoms with Crippen molar-refractivity contribution >= 4 is 39.5 Å². The molecule has 0 saturated heterocycles. The SMILES string of the molecule is CCCCCCCCCCC(=O)OC[C@H](COP(=O)(O)OC[C@H](O)COP(=O)(O)OC[C@@H](COC(=O)CCCCCCCCCCCCCCCCC(C)C)OC(=O)CCCCCCCCCCCCCCCCCCC(C)C)OC(=O)CCCCCCCCCC. The number of carbonyl (C=O) groups excluding carboxylic acids is 4. The van der Waals surface area contributed by atoms with Gasteiger partial charge in [-0.25, -0.2) is 9.13 Å². The van der Waals surface area contributed by atoms with Crippen molar-refractivity contribution in [3.63, 3.8) is 0 Å². The molecule has 92 heavy (non-hydrogen) atoms. The summed E-state index contributed by atoms with van der Waals surface area (Å²) in [6.45, 7) is 9.57. The molecule has 0 saturated carbocycles. The molecule has 0 aromatic rings. The van der Waals surface area contributed by atoms with E-state index in [4.69, 9.17) is 37.0 Å². The maximum atomic E-state index is 13.1. The molecular formula is C73H142O17P2. The highest BCUT2D eigenvalue weighted by atomic mass is 31.2. The third-order valence-corrected chi connectivity index (χ3v) is 18.9. The first-order valence-corrected chi connectivity index (χ1v) is 41.0. The summed E-state index contributed by atoms with van der Waals surface area (Å²) in [5, 5.41) is 10.6. The van der Waals surface area contributed by atoms with E-state index < -0.39 is 97.5 Å². The molecule has 0 aliphatic heterocycles. The summed E-state index contributed by atoms with van der Waals surface area (Å²) in [6, 6.07) is 0. The average molecular weight is 1350 g/mol. The number of ether oxygens (including phenoxy) is 4. The lowest BCUT2D eigenvalue weighted by atomic mass is 10.0. The molecule has 0 fully saturated rings. The van der Waals surface area contributed by atoms with E-state index in [1.165, 1.54) is 180 Å². The van der Waals surface area contributed by atoms with Gasteiger partial charge in [-0.15, -0.1) is 0 Å². The Morgan fingerprint density at radius 1 is 0.293 bits per heavy atom. The number of phosphoric ester groups is 2. The average Bonchev–Trinajstić information content (AvgIpc) is 3.59. The van der Waals surface area contributed by atoms with E-state index in [9.17, 15) is 43.2 Å². The second kappa shape index (κ2) is 65.0. The van der Waals surface area contributed by atoms with Crippen LogP contribution in [-0.4, -0.2) is 96.7 Å². The Morgan fingerprint density at radius 2 is 0.500 bits per heavy atom. The third kappa shape index (κ3) is 66.7. The summed E-state index contributed by atoms with van der Waals surface area (Å²) in [4.78, 5) is 72.5. The van der Waals surface area contributed by atoms with Crippen LogP contribution in [-0.2, 0) is 65.4 Å². The standard InChI is InChI=1S/C73H142O17P2/c1-7-9-11-13-15-37-43-49-55-70(75)83-61-68(89-72(77)57-51-45-38-16-14-12-10-8-2)63-87-91(79,80)85-59-67(74)60-86-92(81,82)88-64-69(62-84-71(76)56-50-44-39-33-29-25-22-21-24-28-32-36-42-48-54-66(5)6)90-73(78)58-52-46-40-34-30-26-20-18-17-19-23-27-31-35-41-47-53-65(3)4/h65-69,74H,7-64H2,1-6H3,(H,79,80)(H,81,82)/t67-,68+,69+/m0/s1. The molecule has 3 N–H and O–H groups in total. The molecule has 17 nitrogen and oxygen atoms in total. The van der Waals surface area contributed by atoms with Gasteiger partial charge in [0.25, 0.3) is 0 Å². The smallest absolute Gasteiger partial charge is 0.462 e. The van der Waals surface area contributed by atoms with Gasteiger partial charge in [0.15, 0.2) is 12.2 Å². The van der Waals surface area contributed by atoms with E-state index in [2.05, 4.69) is 41.5 Å². The van der Waals surface area contributed by atoms with Crippen LogP contribution in [0.15, 0.2) is 0 Å². The van der Waals surface area contributed by atoms with Gasteiger partial charge >= 0.3 is 39.5 Å². The maximum absolute atomic E-state index is 13.1. The zero-order chi connectivity index (χ0) is 67.9. The number of unbranched alkanes of at least 4 members (excludes halogenated alkanes) is 42. The van der Waals surface area contributed by atoms with Crippen molar-refractivity contribution in [3.8, 4) is 0 Å². The molecule has 0 bridgehead atoms. The molecule has 19 heteroatoms. The Bertz CT molecular complexity index is 1790. The highest BCUT2D eigenvalue weighted by Crippen LogP contribution is 2.45. The van der Waals surface area contributed by atoms with Crippen LogP contribution in [0.25, 0.3) is 0 Å². The lowest BCUT2D eigenvalue weighted by Gasteiger charge is -2.21. The number of esters is 4. The fourth-order valence-electron chi connectivity index (χ4n) is 11.1. The van der Waals surface area contributed by atoms with Crippen molar-refractivity contribution in [2.24, 2.45) is 11.8 Å². The Hall–Kier alpha value is -1.94. The van der Waals surface area contributed by atoms with Crippen molar-refractivity contribution in [2.75, 3.05) is 39.6 Å². The number of phosphoric acid groups is 2. The normalized spacial score (nSPS) is 14.1. The number of aliphatic hydroxyl groups is 1. The molecule has 0 aromatic heterocycles. The fraction of sp³-hybridized carbons (Fsp3) is 0.945. The second-order valence-corrected chi connectivity index (χ2v) is 30.2. The van der Waals surface area contributed by atoms with Crippen LogP contribution in [0.2, 0.25) is 0 Å². The molecule has 0 aromatic carbocycles. The number of hydrogen-bond donors (Lipinski definition) is 3. The maximum Gasteiger partial charge on any atom is 0.472 e. The van der Waals surface area contributed by atoms with E-state index >= 15 is 0 Å². The van der Waals surface area contributed by atoms with Gasteiger partial charge in [-0.05, 0) is 37.5 Å². The zero-order valence-electron chi connectivity index (χ0n) is 59.9. The molecule has 0 aliphatic rings. The van der Waals surface area contributed by atoms with Gasteiger partial charge in [0.2, 0.25) is 0 Å². The minimum Gasteiger partial charge on any atom is -0.462 e. The van der Waals surface area contributed by atoms with Crippen LogP contribution in [0, 0.1) is 11.8 Å². The highest BCUT2D eigenvalue weighted by Gasteiger charge is 2.30. The fourth-order valence-corrected chi connectivity index (χ4v) is 12.7. The summed E-state index contributed by atoms with van der Waals surface area (Å²) in [5.74, 6) is -0.517. The Balaban J connectivity index is 5.16. The van der Waals surface area contributed by atoms with Gasteiger partial charge in [-0.2, -0.15) is 0 Å². The van der Waals surface area contributed by atoms with Crippen molar-refractivity contribution in [1.82, 2.24) is 0 Å². The van der Waals surface area contributed by atoms with Crippen molar-refractivity contribution < 1.29 is 80.2 Å². The summed E-state index contributed by atoms with van der Waals surface area (Å²) >= 11 is 0. The predicted molar refractivity (Wildman–Crippen MR) is 372 cm³/mol. The lowest BCUT2D eigenvalue weighted by Crippen LogP contribution is -2.30. The topological polar surface area (TPSA) is 237 Å². The van der Waals surface area contributed by atoms with Gasteiger partial charge in [-0.3, -0.25) is 37.3 Å². The first-order valence-electron chi connectivity index (χ1n) is 38.0. The van der Waals surface area contributed by atoms with Crippen LogP contribution in [0.1, 0.15) is 375 Å². The summed E-state index contributed by atoms with van der Waals surface area (Å²) in [7, 11) is -9.90. The zero-order valence-corrected chi connectivity index (χ0v) is 61.6. The highest BCUT2D eigenvalue weighted by molar-refractivity contribution is 7.47. The first-order chi connectivity index (χ1) is 44.4. The predicted octanol–water partition coefficient (Wildman–Crippen LogP) is 21.2. The quantitative estimate of drug-likeness (QED) is 0.0222. The van der Waals surface area contributed by atoms with Crippen LogP contribution in [0.3, 0.4) is 0 Å². The molecule has 0 spiro atoms. The van der Waals surface area contributed by atoms with E-state index in [1.54, 1.807) is 0 Å². The molecule has 0 rings (SSSR count). The monoisotopic (exact) mass is 1350 g/mol. The third-order valence-electron chi connectivity index (χ3n) is 17.0. The van der Waals surface area contributed by atoms with Gasteiger partial charge in [-0.1, -0.05) is 324 Å². The minimum absolute atomic E-state index is 0.105. The van der Waals surface area contributed by atoms with Gasteiger partial charge in [0.1, 0.15) is 19.3 Å². The summed E-state index contributed by atoms with van der Waals surface area (Å²) in [6.07, 6.45) is 51.5. The van der Waals surface area contributed by atoms with E-state index in [0.717, 1.165) is 115 Å². The van der Waals surface area contributed by atoms with Crippen LogP contribution in [0.5, 0.6) is 0 Å².